The van der Waals surface area contributed by atoms with E-state index in [0.29, 0.717) is 17.9 Å². The normalized spacial score (nSPS) is 13.0. The number of carbonyl (C=O) groups is 6. The van der Waals surface area contributed by atoms with Gasteiger partial charge in [-0.05, 0) is 12.8 Å². The molecule has 332 valence electrons. The highest BCUT2D eigenvalue weighted by molar-refractivity contribution is 6.01. The van der Waals surface area contributed by atoms with Crippen molar-refractivity contribution in [3.63, 3.8) is 0 Å². The van der Waals surface area contributed by atoms with Gasteiger partial charge in [-0.3, -0.25) is 24.0 Å². The van der Waals surface area contributed by atoms with E-state index in [2.05, 4.69) is 19.2 Å². The Labute approximate surface area is 343 Å². The van der Waals surface area contributed by atoms with Crippen LogP contribution < -0.4 is 11.5 Å². The number of ether oxygens (including phenoxy) is 4. The topological polar surface area (TPSA) is 199 Å². The van der Waals surface area contributed by atoms with Gasteiger partial charge in [0.05, 0.1) is 32.8 Å². The highest BCUT2D eigenvalue weighted by Gasteiger charge is 2.32. The molecule has 14 heteroatoms. The predicted octanol–water partition coefficient (Wildman–Crippen LogP) is 8.54. The molecular weight excluding hydrogens is 734 g/mol. The van der Waals surface area contributed by atoms with Gasteiger partial charge in [0.2, 0.25) is 5.91 Å². The molecule has 14 nitrogen and oxygen atoms in total. The fraction of sp³-hybridized carbons (Fsp3) is 0.860. The minimum absolute atomic E-state index is 0. The zero-order chi connectivity index (χ0) is 40.9. The summed E-state index contributed by atoms with van der Waals surface area (Å²) >= 11 is 0. The van der Waals surface area contributed by atoms with Gasteiger partial charge in [0.15, 0.2) is 6.10 Å². The van der Waals surface area contributed by atoms with Crippen LogP contribution in [-0.4, -0.2) is 86.4 Å². The van der Waals surface area contributed by atoms with Gasteiger partial charge in [-0.2, -0.15) is 0 Å². The summed E-state index contributed by atoms with van der Waals surface area (Å²) in [6.07, 6.45) is 25.8. The monoisotopic (exact) mass is 814 g/mol. The number of esters is 2. The molecule has 1 rings (SSSR count). The number of rotatable bonds is 39. The summed E-state index contributed by atoms with van der Waals surface area (Å²) in [5, 5.41) is 3.07. The summed E-state index contributed by atoms with van der Waals surface area (Å²) in [6, 6.07) is 0. The Hall–Kier alpha value is -3.10. The number of nitrogens with zero attached hydrogens (tertiary/aromatic N) is 1. The molecule has 0 aliphatic carbocycles. The van der Waals surface area contributed by atoms with Crippen LogP contribution in [0.2, 0.25) is 0 Å². The number of carbonyl (C=O) groups excluding carboxylic acids is 6. The van der Waals surface area contributed by atoms with Crippen LogP contribution in [0.5, 0.6) is 0 Å². The zero-order valence-electron chi connectivity index (χ0n) is 35.8. The van der Waals surface area contributed by atoms with Crippen molar-refractivity contribution in [2.24, 2.45) is 0 Å². The molecule has 0 aromatic heterocycles. The average molecular weight is 814 g/mol. The molecular formula is C43H79N3O11. The molecule has 0 aromatic carbocycles. The molecule has 0 bridgehead atoms. The molecule has 0 radical (unpaired) electrons. The molecule has 1 heterocycles. The van der Waals surface area contributed by atoms with E-state index in [1.54, 1.807) is 0 Å². The Morgan fingerprint density at radius 3 is 1.51 bits per heavy atom. The molecule has 4 N–H and O–H groups in total. The molecule has 3 amide bonds. The van der Waals surface area contributed by atoms with Gasteiger partial charge in [0.1, 0.15) is 6.61 Å². The fourth-order valence-electron chi connectivity index (χ4n) is 6.29. The fourth-order valence-corrected chi connectivity index (χ4v) is 6.29. The first-order chi connectivity index (χ1) is 27.3. The van der Waals surface area contributed by atoms with Crippen molar-refractivity contribution in [2.45, 2.75) is 200 Å². The van der Waals surface area contributed by atoms with Crippen LogP contribution in [-0.2, 0) is 52.6 Å². The first-order valence-corrected chi connectivity index (χ1v) is 22.1. The molecule has 1 aliphatic rings. The second-order valence-electron chi connectivity index (χ2n) is 14.9. The highest BCUT2D eigenvalue weighted by Crippen LogP contribution is 2.15. The van der Waals surface area contributed by atoms with Gasteiger partial charge in [0, 0.05) is 38.6 Å². The van der Waals surface area contributed by atoms with Crippen molar-refractivity contribution < 1.29 is 52.6 Å². The van der Waals surface area contributed by atoms with Gasteiger partial charge in [-0.25, -0.2) is 4.79 Å². The molecule has 1 aliphatic heterocycles. The zero-order valence-corrected chi connectivity index (χ0v) is 35.8. The maximum Gasteiger partial charge on any atom is 0.333 e. The molecule has 0 spiro atoms. The number of amides is 3. The van der Waals surface area contributed by atoms with Crippen molar-refractivity contribution in [1.29, 1.82) is 0 Å². The summed E-state index contributed by atoms with van der Waals surface area (Å²) in [6.45, 7) is 5.28. The summed E-state index contributed by atoms with van der Waals surface area (Å²) in [4.78, 5) is 76.8. The third-order valence-electron chi connectivity index (χ3n) is 9.70. The second-order valence-corrected chi connectivity index (χ2v) is 14.9. The number of hydrogen-bond acceptors (Lipinski definition) is 12. The van der Waals surface area contributed by atoms with Crippen molar-refractivity contribution in [3.8, 4) is 0 Å². The summed E-state index contributed by atoms with van der Waals surface area (Å²) in [7, 11) is 0. The Balaban J connectivity index is 0.0000314. The predicted molar refractivity (Wildman–Crippen MR) is 219 cm³/mol. The maximum atomic E-state index is 12.7. The lowest BCUT2D eigenvalue weighted by Gasteiger charge is -2.18. The Morgan fingerprint density at radius 2 is 1.00 bits per heavy atom. The molecule has 1 fully saturated rings. The maximum absolute atomic E-state index is 12.7. The molecule has 1 atom stereocenters. The van der Waals surface area contributed by atoms with Crippen LogP contribution in [0.1, 0.15) is 194 Å². The number of hydrogen-bond donors (Lipinski definition) is 2. The third kappa shape index (κ3) is 32.5. The van der Waals surface area contributed by atoms with E-state index in [9.17, 15) is 28.8 Å². The van der Waals surface area contributed by atoms with E-state index in [4.69, 9.17) is 23.8 Å². The lowest BCUT2D eigenvalue weighted by Crippen LogP contribution is -2.33. The smallest absolute Gasteiger partial charge is 0.333 e. The lowest BCUT2D eigenvalue weighted by atomic mass is 10.1. The SMILES string of the molecule is CCCCCCCCCCCCCC(=O)OCC(COCCOCCNC(=O)CCC(=O)ON1C(=O)CCC1=O)OC(=O)CCCCCCCCCCCCC.N. The number of imide groups is 1. The van der Waals surface area contributed by atoms with Crippen molar-refractivity contribution in [2.75, 3.05) is 39.6 Å². The standard InChI is InChI=1S/C43H76N2O11.H3N/c1-3-5-7-9-11-13-15-17-19-21-23-25-41(49)54-36-37(55-42(50)26-24-22-20-18-16-14-12-10-8-6-4-2)35-53-34-33-52-32-31-44-38(46)27-30-43(51)56-45-39(47)28-29-40(45)48;/h37H,3-36H2,1-2H3,(H,44,46);1H3. The third-order valence-corrected chi connectivity index (χ3v) is 9.70. The van der Waals surface area contributed by atoms with Crippen LogP contribution in [0, 0.1) is 0 Å². The number of nitrogens with one attached hydrogen (secondary N) is 1. The number of hydroxylamine groups is 2. The van der Waals surface area contributed by atoms with Crippen LogP contribution in [0.4, 0.5) is 0 Å². The van der Waals surface area contributed by atoms with Gasteiger partial charge >= 0.3 is 17.9 Å². The Kier molecular flexibility index (Phi) is 36.3. The average Bonchev–Trinajstić information content (AvgIpc) is 3.50. The van der Waals surface area contributed by atoms with Gasteiger partial charge < -0.3 is 35.3 Å². The van der Waals surface area contributed by atoms with Gasteiger partial charge in [0.25, 0.3) is 11.8 Å². The van der Waals surface area contributed by atoms with Crippen molar-refractivity contribution in [3.05, 3.63) is 0 Å². The molecule has 0 saturated carbocycles. The number of unbranched alkanes of at least 4 members (excludes halogenated alkanes) is 20. The second kappa shape index (κ2) is 38.4. The molecule has 1 unspecified atom stereocenters. The Morgan fingerprint density at radius 1 is 0.544 bits per heavy atom. The van der Waals surface area contributed by atoms with E-state index in [0.717, 1.165) is 38.5 Å². The summed E-state index contributed by atoms with van der Waals surface area (Å²) in [5.41, 5.74) is 0. The first-order valence-electron chi connectivity index (χ1n) is 22.1. The van der Waals surface area contributed by atoms with E-state index in [1.165, 1.54) is 103 Å². The Bertz CT molecular complexity index is 1060. The summed E-state index contributed by atoms with van der Waals surface area (Å²) in [5.74, 6) is -3.02. The van der Waals surface area contributed by atoms with E-state index in [-0.39, 0.29) is 83.4 Å². The van der Waals surface area contributed by atoms with E-state index < -0.39 is 29.8 Å². The quantitative estimate of drug-likeness (QED) is 0.0341. The largest absolute Gasteiger partial charge is 0.462 e. The molecule has 57 heavy (non-hydrogen) atoms. The van der Waals surface area contributed by atoms with E-state index in [1.807, 2.05) is 0 Å². The molecule has 0 aromatic rings. The van der Waals surface area contributed by atoms with Crippen LogP contribution in [0.3, 0.4) is 0 Å². The van der Waals surface area contributed by atoms with Gasteiger partial charge in [-0.15, -0.1) is 5.06 Å². The van der Waals surface area contributed by atoms with Crippen LogP contribution >= 0.6 is 0 Å². The van der Waals surface area contributed by atoms with Crippen molar-refractivity contribution in [1.82, 2.24) is 16.5 Å². The first kappa shape index (κ1) is 53.9. The van der Waals surface area contributed by atoms with Crippen LogP contribution in [0.15, 0.2) is 0 Å². The van der Waals surface area contributed by atoms with Crippen molar-refractivity contribution >= 4 is 35.6 Å². The molecule has 1 saturated heterocycles. The summed E-state index contributed by atoms with van der Waals surface area (Å²) < 4.78 is 22.3. The minimum Gasteiger partial charge on any atom is -0.462 e. The van der Waals surface area contributed by atoms with Gasteiger partial charge in [-0.1, -0.05) is 142 Å². The lowest BCUT2D eigenvalue weighted by molar-refractivity contribution is -0.197. The highest BCUT2D eigenvalue weighted by atomic mass is 16.7. The van der Waals surface area contributed by atoms with E-state index >= 15 is 0 Å². The minimum atomic E-state index is -0.839. The van der Waals surface area contributed by atoms with Crippen LogP contribution in [0.25, 0.3) is 0 Å².